The quantitative estimate of drug-likeness (QED) is 0.546. The molecule has 130 valence electrons. The molecule has 0 aromatic carbocycles. The average Bonchev–Trinajstić information content (AvgIpc) is 2.90. The van der Waals surface area contributed by atoms with E-state index in [-0.39, 0.29) is 17.4 Å². The molecule has 0 atom stereocenters. The van der Waals surface area contributed by atoms with Crippen LogP contribution in [0.4, 0.5) is 0 Å². The van der Waals surface area contributed by atoms with Gasteiger partial charge >= 0.3 is 0 Å². The molecule has 1 heterocycles. The maximum absolute atomic E-state index is 11.6. The first kappa shape index (κ1) is 19.0. The van der Waals surface area contributed by atoms with Crippen molar-refractivity contribution in [3.63, 3.8) is 0 Å². The zero-order valence-corrected chi connectivity index (χ0v) is 15.0. The molecule has 0 radical (unpaired) electrons. The van der Waals surface area contributed by atoms with Crippen molar-refractivity contribution in [1.82, 2.24) is 20.9 Å². The van der Waals surface area contributed by atoms with Gasteiger partial charge in [-0.05, 0) is 13.8 Å². The van der Waals surface area contributed by atoms with Gasteiger partial charge in [0.1, 0.15) is 5.76 Å². The Hall–Kier alpha value is -2.05. The molecule has 1 aromatic rings. The minimum Gasteiger partial charge on any atom is -0.443 e. The third kappa shape index (κ3) is 7.17. The van der Waals surface area contributed by atoms with Crippen LogP contribution < -0.4 is 16.0 Å². The molecule has 1 aromatic heterocycles. The maximum atomic E-state index is 11.6. The molecule has 7 heteroatoms. The van der Waals surface area contributed by atoms with Crippen molar-refractivity contribution >= 4 is 11.9 Å². The normalized spacial score (nSPS) is 12.4. The summed E-state index contributed by atoms with van der Waals surface area (Å²) in [6, 6.07) is 0.155. The number of oxazole rings is 1. The van der Waals surface area contributed by atoms with Gasteiger partial charge in [-0.2, -0.15) is 0 Å². The van der Waals surface area contributed by atoms with Crippen LogP contribution in [0, 0.1) is 0 Å². The van der Waals surface area contributed by atoms with E-state index in [2.05, 4.69) is 46.7 Å². The molecular weight excluding hydrogens is 294 g/mol. The van der Waals surface area contributed by atoms with E-state index < -0.39 is 0 Å². The van der Waals surface area contributed by atoms with E-state index >= 15 is 0 Å². The molecular formula is C16H29N5O2. The molecule has 7 nitrogen and oxygen atoms in total. The van der Waals surface area contributed by atoms with Crippen molar-refractivity contribution in [2.45, 2.75) is 59.0 Å². The summed E-state index contributed by atoms with van der Waals surface area (Å²) in [5, 5.41) is 9.05. The van der Waals surface area contributed by atoms with Gasteiger partial charge in [0.15, 0.2) is 5.96 Å². The Labute approximate surface area is 138 Å². The number of carbonyl (C=O) groups excluding carboxylic acids is 1. The maximum Gasteiger partial charge on any atom is 0.221 e. The molecule has 0 spiro atoms. The van der Waals surface area contributed by atoms with Gasteiger partial charge in [0, 0.05) is 31.5 Å². The van der Waals surface area contributed by atoms with Crippen LogP contribution in [-0.2, 0) is 16.8 Å². The van der Waals surface area contributed by atoms with Gasteiger partial charge in [-0.15, -0.1) is 0 Å². The highest BCUT2D eigenvalue weighted by Crippen LogP contribution is 2.22. The number of nitrogens with one attached hydrogen (secondary N) is 3. The summed E-state index contributed by atoms with van der Waals surface area (Å²) >= 11 is 0. The smallest absolute Gasteiger partial charge is 0.221 e. The lowest BCUT2D eigenvalue weighted by atomic mass is 9.94. The minimum absolute atomic E-state index is 0.0190. The monoisotopic (exact) mass is 323 g/mol. The summed E-state index contributed by atoms with van der Waals surface area (Å²) in [5.74, 6) is 2.08. The Morgan fingerprint density at radius 3 is 2.57 bits per heavy atom. The zero-order chi connectivity index (χ0) is 17.5. The van der Waals surface area contributed by atoms with Crippen LogP contribution in [-0.4, -0.2) is 36.5 Å². The molecule has 0 fully saturated rings. The van der Waals surface area contributed by atoms with E-state index in [1.807, 2.05) is 13.8 Å². The topological polar surface area (TPSA) is 91.5 Å². The Balaban J connectivity index is 2.37. The molecule has 0 aliphatic heterocycles. The van der Waals surface area contributed by atoms with E-state index in [0.717, 1.165) is 5.76 Å². The summed E-state index contributed by atoms with van der Waals surface area (Å²) in [6.07, 6.45) is 2.15. The first-order valence-electron chi connectivity index (χ1n) is 7.91. The largest absolute Gasteiger partial charge is 0.443 e. The van der Waals surface area contributed by atoms with Gasteiger partial charge in [-0.3, -0.25) is 9.79 Å². The second kappa shape index (κ2) is 8.55. The Morgan fingerprint density at radius 2 is 2.04 bits per heavy atom. The van der Waals surface area contributed by atoms with Gasteiger partial charge in [0.2, 0.25) is 11.8 Å². The van der Waals surface area contributed by atoms with Crippen molar-refractivity contribution in [3.8, 4) is 0 Å². The highest BCUT2D eigenvalue weighted by atomic mass is 16.4. The summed E-state index contributed by atoms with van der Waals surface area (Å²) in [6.45, 7) is 11.1. The van der Waals surface area contributed by atoms with Crippen molar-refractivity contribution in [2.24, 2.45) is 4.99 Å². The second-order valence-corrected chi connectivity index (χ2v) is 6.69. The SMILES string of the molecule is CN=C(NCCC(=O)NC(C)C)NCc1ncc(C(C)(C)C)o1. The van der Waals surface area contributed by atoms with Gasteiger partial charge in [-0.1, -0.05) is 20.8 Å². The van der Waals surface area contributed by atoms with Crippen molar-refractivity contribution in [1.29, 1.82) is 0 Å². The van der Waals surface area contributed by atoms with E-state index in [0.29, 0.717) is 31.4 Å². The number of aliphatic imine (C=N–C) groups is 1. The zero-order valence-electron chi connectivity index (χ0n) is 15.0. The Bertz CT molecular complexity index is 529. The number of guanidine groups is 1. The molecule has 0 bridgehead atoms. The fourth-order valence-electron chi connectivity index (χ4n) is 1.81. The van der Waals surface area contributed by atoms with Gasteiger partial charge in [-0.25, -0.2) is 4.98 Å². The van der Waals surface area contributed by atoms with Crippen molar-refractivity contribution in [3.05, 3.63) is 17.8 Å². The Kier molecular flexibility index (Phi) is 7.06. The number of hydrogen-bond acceptors (Lipinski definition) is 4. The summed E-state index contributed by atoms with van der Waals surface area (Å²) in [7, 11) is 1.68. The van der Waals surface area contributed by atoms with Crippen LogP contribution in [0.3, 0.4) is 0 Å². The number of aromatic nitrogens is 1. The van der Waals surface area contributed by atoms with E-state index in [1.54, 1.807) is 13.2 Å². The van der Waals surface area contributed by atoms with Crippen LogP contribution >= 0.6 is 0 Å². The summed E-state index contributed by atoms with van der Waals surface area (Å²) in [5.41, 5.74) is -0.0606. The van der Waals surface area contributed by atoms with Crippen molar-refractivity contribution < 1.29 is 9.21 Å². The fraction of sp³-hybridized carbons (Fsp3) is 0.688. The van der Waals surface area contributed by atoms with Gasteiger partial charge < -0.3 is 20.4 Å². The highest BCUT2D eigenvalue weighted by Gasteiger charge is 2.19. The molecule has 3 N–H and O–H groups in total. The number of rotatable bonds is 6. The number of hydrogen-bond donors (Lipinski definition) is 3. The summed E-state index contributed by atoms with van der Waals surface area (Å²) < 4.78 is 5.71. The lowest BCUT2D eigenvalue weighted by molar-refractivity contribution is -0.121. The van der Waals surface area contributed by atoms with Crippen LogP contribution in [0.2, 0.25) is 0 Å². The molecule has 23 heavy (non-hydrogen) atoms. The van der Waals surface area contributed by atoms with Gasteiger partial charge in [0.25, 0.3) is 0 Å². The molecule has 1 rings (SSSR count). The van der Waals surface area contributed by atoms with Gasteiger partial charge in [0.05, 0.1) is 12.7 Å². The number of nitrogens with zero attached hydrogens (tertiary/aromatic N) is 2. The third-order valence-corrected chi connectivity index (χ3v) is 3.02. The van der Waals surface area contributed by atoms with Crippen LogP contribution in [0.1, 0.15) is 52.7 Å². The standard InChI is InChI=1S/C16H29N5O2/c1-11(2)21-13(22)7-8-18-15(17-6)20-10-14-19-9-12(23-14)16(3,4)5/h9,11H,7-8,10H2,1-6H3,(H,21,22)(H2,17,18,20). The van der Waals surface area contributed by atoms with Crippen LogP contribution in [0.15, 0.2) is 15.6 Å². The molecule has 0 unspecified atom stereocenters. The fourth-order valence-corrected chi connectivity index (χ4v) is 1.81. The van der Waals surface area contributed by atoms with Crippen molar-refractivity contribution in [2.75, 3.05) is 13.6 Å². The number of amides is 1. The molecule has 0 saturated heterocycles. The summed E-state index contributed by atoms with van der Waals surface area (Å²) in [4.78, 5) is 19.9. The van der Waals surface area contributed by atoms with E-state index in [9.17, 15) is 4.79 Å². The predicted octanol–water partition coefficient (Wildman–Crippen LogP) is 1.55. The lowest BCUT2D eigenvalue weighted by Gasteiger charge is -2.13. The minimum atomic E-state index is -0.0606. The van der Waals surface area contributed by atoms with E-state index in [4.69, 9.17) is 4.42 Å². The lowest BCUT2D eigenvalue weighted by Crippen LogP contribution is -2.39. The average molecular weight is 323 g/mol. The first-order valence-corrected chi connectivity index (χ1v) is 7.91. The second-order valence-electron chi connectivity index (χ2n) is 6.69. The Morgan fingerprint density at radius 1 is 1.35 bits per heavy atom. The van der Waals surface area contributed by atoms with Crippen LogP contribution in [0.25, 0.3) is 0 Å². The third-order valence-electron chi connectivity index (χ3n) is 3.02. The molecule has 0 saturated carbocycles. The van der Waals surface area contributed by atoms with Crippen LogP contribution in [0.5, 0.6) is 0 Å². The first-order chi connectivity index (χ1) is 10.7. The number of carbonyl (C=O) groups is 1. The predicted molar refractivity (Wildman–Crippen MR) is 91.3 cm³/mol. The molecule has 0 aliphatic carbocycles. The highest BCUT2D eigenvalue weighted by molar-refractivity contribution is 5.81. The molecule has 1 amide bonds. The van der Waals surface area contributed by atoms with E-state index in [1.165, 1.54) is 0 Å². The molecule has 0 aliphatic rings.